The number of fused-ring (bicyclic) bond motifs is 2. The molecule has 0 fully saturated rings. The van der Waals surface area contributed by atoms with Crippen LogP contribution in [0.15, 0.2) is 82.1 Å². The van der Waals surface area contributed by atoms with Gasteiger partial charge in [0.05, 0.1) is 33.5 Å². The second-order valence-corrected chi connectivity index (χ2v) is 10.1. The zero-order valence-corrected chi connectivity index (χ0v) is 22.1. The van der Waals surface area contributed by atoms with Crippen LogP contribution in [-0.2, 0) is 9.53 Å². The normalized spacial score (nSPS) is 16.2. The lowest BCUT2D eigenvalue weighted by Gasteiger charge is -2.25. The number of thiazole rings is 1. The average molecular weight is 563 g/mol. The molecule has 2 aliphatic rings. The third-order valence-electron chi connectivity index (χ3n) is 6.34. The number of halogens is 2. The highest BCUT2D eigenvalue weighted by Crippen LogP contribution is 2.37. The Labute approximate surface area is 230 Å². The maximum absolute atomic E-state index is 13.9. The smallest absolute Gasteiger partial charge is 0.338 e. The summed E-state index contributed by atoms with van der Waals surface area (Å²) in [6, 6.07) is 17.3. The Bertz CT molecular complexity index is 1810. The van der Waals surface area contributed by atoms with Crippen molar-refractivity contribution in [3.63, 3.8) is 0 Å². The Hall–Kier alpha value is -4.21. The van der Waals surface area contributed by atoms with Crippen LogP contribution >= 0.6 is 22.9 Å². The van der Waals surface area contributed by atoms with Gasteiger partial charge in [-0.1, -0.05) is 65.4 Å². The number of ether oxygens (including phenoxy) is 3. The molecular weight excluding hydrogens is 543 g/mol. The van der Waals surface area contributed by atoms with Crippen molar-refractivity contribution in [2.24, 2.45) is 4.99 Å². The summed E-state index contributed by atoms with van der Waals surface area (Å²) in [4.78, 5) is 32.5. The van der Waals surface area contributed by atoms with Crippen LogP contribution in [0.1, 0.15) is 29.7 Å². The number of aromatic nitrogens is 1. The molecule has 0 saturated carbocycles. The van der Waals surface area contributed by atoms with Crippen molar-refractivity contribution in [2.75, 3.05) is 13.4 Å². The molecule has 0 spiro atoms. The summed E-state index contributed by atoms with van der Waals surface area (Å²) in [6.45, 7) is 1.93. The lowest BCUT2D eigenvalue weighted by Crippen LogP contribution is -2.40. The zero-order chi connectivity index (χ0) is 27.1. The summed E-state index contributed by atoms with van der Waals surface area (Å²) in [6.07, 6.45) is 1.66. The molecule has 1 atom stereocenters. The highest BCUT2D eigenvalue weighted by molar-refractivity contribution is 7.07. The predicted molar refractivity (Wildman–Crippen MR) is 145 cm³/mol. The van der Waals surface area contributed by atoms with Gasteiger partial charge in [-0.3, -0.25) is 9.36 Å². The molecule has 0 bridgehead atoms. The minimum Gasteiger partial charge on any atom is -0.463 e. The molecule has 0 saturated heterocycles. The van der Waals surface area contributed by atoms with Gasteiger partial charge in [0.2, 0.25) is 6.79 Å². The Morgan fingerprint density at radius 2 is 1.87 bits per heavy atom. The molecule has 6 rings (SSSR count). The van der Waals surface area contributed by atoms with E-state index in [-0.39, 0.29) is 24.5 Å². The Kier molecular flexibility index (Phi) is 6.54. The number of hydrogen-bond donors (Lipinski definition) is 0. The van der Waals surface area contributed by atoms with Crippen LogP contribution in [0.3, 0.4) is 0 Å². The second kappa shape index (κ2) is 10.2. The van der Waals surface area contributed by atoms with Crippen molar-refractivity contribution in [1.29, 1.82) is 0 Å². The van der Waals surface area contributed by atoms with Crippen LogP contribution in [0.5, 0.6) is 11.5 Å². The first-order valence-electron chi connectivity index (χ1n) is 12.1. The Balaban J connectivity index is 1.63. The van der Waals surface area contributed by atoms with Crippen LogP contribution in [-0.4, -0.2) is 23.9 Å². The summed E-state index contributed by atoms with van der Waals surface area (Å²) < 4.78 is 32.0. The van der Waals surface area contributed by atoms with Crippen LogP contribution in [0.4, 0.5) is 4.39 Å². The number of hydrogen-bond acceptors (Lipinski definition) is 7. The number of rotatable bonds is 5. The largest absolute Gasteiger partial charge is 0.463 e. The van der Waals surface area contributed by atoms with E-state index in [9.17, 15) is 14.0 Å². The van der Waals surface area contributed by atoms with E-state index in [0.29, 0.717) is 48.2 Å². The van der Waals surface area contributed by atoms with Crippen molar-refractivity contribution in [1.82, 2.24) is 4.57 Å². The van der Waals surface area contributed by atoms with Crippen molar-refractivity contribution >= 4 is 40.7 Å². The molecule has 3 aromatic carbocycles. The molecule has 2 aliphatic heterocycles. The van der Waals surface area contributed by atoms with E-state index < -0.39 is 17.8 Å². The van der Waals surface area contributed by atoms with Crippen molar-refractivity contribution in [3.05, 3.63) is 120 Å². The van der Waals surface area contributed by atoms with Gasteiger partial charge < -0.3 is 14.2 Å². The van der Waals surface area contributed by atoms with Gasteiger partial charge in [-0.05, 0) is 42.3 Å². The SMILES string of the molecule is CCOC(=O)C1=C(c2ccccc2)N=c2s/c(=C/c3cc4c(cc3Cl)OCO4)c(=O)n2[C@@H]1c1ccc(F)cc1. The lowest BCUT2D eigenvalue weighted by molar-refractivity contribution is -0.138. The van der Waals surface area contributed by atoms with Gasteiger partial charge >= 0.3 is 5.97 Å². The van der Waals surface area contributed by atoms with Gasteiger partial charge in [-0.25, -0.2) is 14.2 Å². The van der Waals surface area contributed by atoms with Crippen LogP contribution in [0, 0.1) is 5.82 Å². The van der Waals surface area contributed by atoms with Crippen molar-refractivity contribution < 1.29 is 23.4 Å². The summed E-state index contributed by atoms with van der Waals surface area (Å²) in [7, 11) is 0. The van der Waals surface area contributed by atoms with Crippen molar-refractivity contribution in [2.45, 2.75) is 13.0 Å². The third kappa shape index (κ3) is 4.53. The standard InChI is InChI=1S/C29H20ClFN2O5S/c1-2-36-28(35)24-25(16-6-4-3-5-7-16)32-29-33(26(24)17-8-10-19(31)11-9-17)27(34)23(39-29)13-18-12-21-22(14-20(18)30)38-15-37-21/h3-14,26H,2,15H2,1H3/b23-13+/t26-/m1/s1. The summed E-state index contributed by atoms with van der Waals surface area (Å²) in [5.74, 6) is 0.0103. The fourth-order valence-electron chi connectivity index (χ4n) is 4.59. The summed E-state index contributed by atoms with van der Waals surface area (Å²) in [5.41, 5.74) is 1.99. The van der Waals surface area contributed by atoms with E-state index >= 15 is 0 Å². The van der Waals surface area contributed by atoms with E-state index in [2.05, 4.69) is 0 Å². The minimum atomic E-state index is -0.898. The monoisotopic (exact) mass is 562 g/mol. The lowest BCUT2D eigenvalue weighted by atomic mass is 9.93. The first-order valence-corrected chi connectivity index (χ1v) is 13.3. The van der Waals surface area contributed by atoms with Crippen LogP contribution < -0.4 is 24.4 Å². The van der Waals surface area contributed by atoms with Crippen LogP contribution in [0.25, 0.3) is 11.8 Å². The maximum Gasteiger partial charge on any atom is 0.338 e. The third-order valence-corrected chi connectivity index (χ3v) is 7.65. The highest BCUT2D eigenvalue weighted by atomic mass is 35.5. The molecule has 4 aromatic rings. The molecule has 196 valence electrons. The van der Waals surface area contributed by atoms with Gasteiger partial charge in [0.25, 0.3) is 5.56 Å². The van der Waals surface area contributed by atoms with Gasteiger partial charge in [0.15, 0.2) is 16.3 Å². The number of benzene rings is 3. The Morgan fingerprint density at radius 1 is 1.15 bits per heavy atom. The highest BCUT2D eigenvalue weighted by Gasteiger charge is 2.35. The van der Waals surface area contributed by atoms with E-state index in [1.165, 1.54) is 16.7 Å². The fourth-order valence-corrected chi connectivity index (χ4v) is 5.79. The molecule has 10 heteroatoms. The van der Waals surface area contributed by atoms with Gasteiger partial charge in [-0.15, -0.1) is 0 Å². The zero-order valence-electron chi connectivity index (χ0n) is 20.5. The molecule has 0 amide bonds. The van der Waals surface area contributed by atoms with Gasteiger partial charge in [-0.2, -0.15) is 0 Å². The first-order chi connectivity index (χ1) is 18.9. The maximum atomic E-state index is 13.9. The molecule has 3 heterocycles. The molecule has 0 radical (unpaired) electrons. The molecule has 39 heavy (non-hydrogen) atoms. The van der Waals surface area contributed by atoms with Crippen molar-refractivity contribution in [3.8, 4) is 11.5 Å². The Morgan fingerprint density at radius 3 is 2.59 bits per heavy atom. The number of esters is 1. The molecule has 0 N–H and O–H groups in total. The molecular formula is C29H20ClFN2O5S. The summed E-state index contributed by atoms with van der Waals surface area (Å²) in [5, 5.41) is 0.386. The topological polar surface area (TPSA) is 79.1 Å². The quantitative estimate of drug-likeness (QED) is 0.336. The number of carbonyl (C=O) groups excluding carboxylic acids is 1. The molecule has 0 aliphatic carbocycles. The van der Waals surface area contributed by atoms with Crippen LogP contribution in [0.2, 0.25) is 5.02 Å². The van der Waals surface area contributed by atoms with E-state index in [1.54, 1.807) is 37.3 Å². The first kappa shape index (κ1) is 25.1. The van der Waals surface area contributed by atoms with Gasteiger partial charge in [0.1, 0.15) is 5.82 Å². The molecule has 7 nitrogen and oxygen atoms in total. The second-order valence-electron chi connectivity index (χ2n) is 8.71. The number of carbonyl (C=O) groups is 1. The van der Waals surface area contributed by atoms with E-state index in [4.69, 9.17) is 30.8 Å². The predicted octanol–water partition coefficient (Wildman–Crippen LogP) is 4.46. The summed E-state index contributed by atoms with van der Waals surface area (Å²) >= 11 is 7.64. The minimum absolute atomic E-state index is 0.0911. The number of nitrogens with zero attached hydrogens (tertiary/aromatic N) is 2. The van der Waals surface area contributed by atoms with E-state index in [1.807, 2.05) is 30.3 Å². The van der Waals surface area contributed by atoms with E-state index in [0.717, 1.165) is 11.3 Å². The molecule has 1 aromatic heterocycles. The average Bonchev–Trinajstić information content (AvgIpc) is 3.52. The van der Waals surface area contributed by atoms with Gasteiger partial charge in [0, 0.05) is 11.6 Å². The molecule has 0 unspecified atom stereocenters. The fraction of sp³-hybridized carbons (Fsp3) is 0.138.